The summed E-state index contributed by atoms with van der Waals surface area (Å²) in [6.45, 7) is 4.48. The molecule has 1 N–H and O–H groups in total. The van der Waals surface area contributed by atoms with Gasteiger partial charge in [-0.05, 0) is 19.1 Å². The summed E-state index contributed by atoms with van der Waals surface area (Å²) in [5, 5.41) is 0. The second-order valence-electron chi connectivity index (χ2n) is 2.57. The molecule has 0 aromatic carbocycles. The summed E-state index contributed by atoms with van der Waals surface area (Å²) in [5.74, 6) is 0. The highest BCUT2D eigenvalue weighted by atomic mass is 32.2. The zero-order valence-electron chi connectivity index (χ0n) is 7.31. The van der Waals surface area contributed by atoms with Crippen LogP contribution >= 0.6 is 11.9 Å². The molecule has 0 saturated heterocycles. The van der Waals surface area contributed by atoms with E-state index in [9.17, 15) is 0 Å². The summed E-state index contributed by atoms with van der Waals surface area (Å²) >= 11 is 1.73. The minimum absolute atomic E-state index is 0.731. The van der Waals surface area contributed by atoms with Crippen LogP contribution in [0, 0.1) is 0 Å². The highest BCUT2D eigenvalue weighted by Gasteiger charge is 2.01. The van der Waals surface area contributed by atoms with Crippen molar-refractivity contribution in [2.24, 2.45) is 0 Å². The van der Waals surface area contributed by atoms with Crippen LogP contribution in [0.2, 0.25) is 0 Å². The first kappa shape index (κ1) is 10.3. The lowest BCUT2D eigenvalue weighted by atomic mass is 10.1. The Morgan fingerprint density at radius 2 is 2.10 bits per heavy atom. The average Bonchev–Trinajstić information content (AvgIpc) is 1.98. The van der Waals surface area contributed by atoms with Crippen molar-refractivity contribution < 1.29 is 0 Å². The molecule has 0 fully saturated rings. The monoisotopic (exact) mass is 161 g/mol. The van der Waals surface area contributed by atoms with Gasteiger partial charge < -0.3 is 0 Å². The Labute approximate surface area is 69.1 Å². The summed E-state index contributed by atoms with van der Waals surface area (Å²) in [5.41, 5.74) is 0. The van der Waals surface area contributed by atoms with Crippen LogP contribution in [0.5, 0.6) is 0 Å². The predicted molar refractivity (Wildman–Crippen MR) is 50.3 cm³/mol. The molecule has 0 rings (SSSR count). The molecule has 0 aromatic heterocycles. The Kier molecular flexibility index (Phi) is 7.65. The van der Waals surface area contributed by atoms with Crippen LogP contribution in [0.25, 0.3) is 0 Å². The number of unbranched alkanes of at least 4 members (excludes halogenated alkanes) is 1. The van der Waals surface area contributed by atoms with Gasteiger partial charge in [0.25, 0.3) is 0 Å². The first-order chi connectivity index (χ1) is 4.85. The molecule has 0 radical (unpaired) electrons. The fourth-order valence-electron chi connectivity index (χ4n) is 0.964. The van der Waals surface area contributed by atoms with E-state index < -0.39 is 0 Å². The maximum Gasteiger partial charge on any atom is 0.0169 e. The van der Waals surface area contributed by atoms with Gasteiger partial charge in [-0.2, -0.15) is 0 Å². The Balaban J connectivity index is 3.21. The van der Waals surface area contributed by atoms with Crippen molar-refractivity contribution in [1.29, 1.82) is 0 Å². The molecular weight excluding hydrogens is 142 g/mol. The Morgan fingerprint density at radius 1 is 1.40 bits per heavy atom. The Morgan fingerprint density at radius 3 is 2.50 bits per heavy atom. The van der Waals surface area contributed by atoms with Crippen LogP contribution in [0.3, 0.4) is 0 Å². The maximum absolute atomic E-state index is 3.38. The molecule has 0 aromatic rings. The van der Waals surface area contributed by atoms with Gasteiger partial charge in [-0.1, -0.05) is 38.6 Å². The maximum atomic E-state index is 3.38. The van der Waals surface area contributed by atoms with Gasteiger partial charge in [0.05, 0.1) is 0 Å². The third-order valence-electron chi connectivity index (χ3n) is 1.68. The molecule has 1 unspecified atom stereocenters. The number of rotatable bonds is 6. The molecule has 10 heavy (non-hydrogen) atoms. The lowest BCUT2D eigenvalue weighted by molar-refractivity contribution is 0.535. The second kappa shape index (κ2) is 7.42. The quantitative estimate of drug-likeness (QED) is 0.601. The molecule has 0 spiro atoms. The molecule has 0 amide bonds. The zero-order chi connectivity index (χ0) is 7.82. The van der Waals surface area contributed by atoms with E-state index in [0.717, 1.165) is 6.04 Å². The zero-order valence-corrected chi connectivity index (χ0v) is 8.13. The Bertz CT molecular complexity index is 66.3. The molecule has 0 aliphatic heterocycles. The number of nitrogens with one attached hydrogen (secondary N) is 1. The highest BCUT2D eigenvalue weighted by Crippen LogP contribution is 2.05. The molecule has 62 valence electrons. The van der Waals surface area contributed by atoms with E-state index in [1.165, 1.54) is 25.7 Å². The van der Waals surface area contributed by atoms with Crippen LogP contribution in [-0.4, -0.2) is 12.3 Å². The molecule has 0 saturated carbocycles. The molecular formula is C8H19NS. The van der Waals surface area contributed by atoms with Crippen LogP contribution in [0.4, 0.5) is 0 Å². The fourth-order valence-corrected chi connectivity index (χ4v) is 1.58. The molecule has 1 atom stereocenters. The van der Waals surface area contributed by atoms with Gasteiger partial charge in [-0.3, -0.25) is 4.72 Å². The predicted octanol–water partition coefficient (Wildman–Crippen LogP) is 2.82. The lowest BCUT2D eigenvalue weighted by Crippen LogP contribution is -2.21. The average molecular weight is 161 g/mol. The van der Waals surface area contributed by atoms with Gasteiger partial charge in [0.1, 0.15) is 0 Å². The molecule has 2 heteroatoms. The third-order valence-corrected chi connectivity index (χ3v) is 2.25. The van der Waals surface area contributed by atoms with Gasteiger partial charge >= 0.3 is 0 Å². The largest absolute Gasteiger partial charge is 0.261 e. The molecule has 1 nitrogen and oxygen atoms in total. The van der Waals surface area contributed by atoms with Crippen LogP contribution < -0.4 is 4.72 Å². The van der Waals surface area contributed by atoms with Crippen molar-refractivity contribution in [3.05, 3.63) is 0 Å². The van der Waals surface area contributed by atoms with E-state index in [0.29, 0.717) is 0 Å². The van der Waals surface area contributed by atoms with E-state index in [1.54, 1.807) is 11.9 Å². The van der Waals surface area contributed by atoms with E-state index >= 15 is 0 Å². The SMILES string of the molecule is CCCCC(CC)NSC. The van der Waals surface area contributed by atoms with Gasteiger partial charge in [0, 0.05) is 6.04 Å². The lowest BCUT2D eigenvalue weighted by Gasteiger charge is -2.13. The van der Waals surface area contributed by atoms with Crippen molar-refractivity contribution in [3.63, 3.8) is 0 Å². The fraction of sp³-hybridized carbons (Fsp3) is 1.00. The topological polar surface area (TPSA) is 12.0 Å². The van der Waals surface area contributed by atoms with Crippen LogP contribution in [0.1, 0.15) is 39.5 Å². The highest BCUT2D eigenvalue weighted by molar-refractivity contribution is 7.96. The summed E-state index contributed by atoms with van der Waals surface area (Å²) < 4.78 is 3.38. The van der Waals surface area contributed by atoms with Crippen molar-refractivity contribution in [3.8, 4) is 0 Å². The van der Waals surface area contributed by atoms with Crippen molar-refractivity contribution in [2.75, 3.05) is 6.26 Å². The molecule has 0 bridgehead atoms. The minimum atomic E-state index is 0.731. The van der Waals surface area contributed by atoms with Crippen molar-refractivity contribution >= 4 is 11.9 Å². The molecule has 0 aliphatic carbocycles. The standard InChI is InChI=1S/C8H19NS/c1-4-6-7-8(5-2)9-10-3/h8-9H,4-7H2,1-3H3. The first-order valence-corrected chi connectivity index (χ1v) is 5.36. The van der Waals surface area contributed by atoms with E-state index in [-0.39, 0.29) is 0 Å². The number of hydrogen-bond donors (Lipinski definition) is 1. The molecule has 0 aliphatic rings. The van der Waals surface area contributed by atoms with E-state index in [2.05, 4.69) is 24.8 Å². The normalized spacial score (nSPS) is 13.5. The smallest absolute Gasteiger partial charge is 0.0169 e. The summed E-state index contributed by atoms with van der Waals surface area (Å²) in [7, 11) is 0. The van der Waals surface area contributed by atoms with Gasteiger partial charge in [-0.15, -0.1) is 0 Å². The summed E-state index contributed by atoms with van der Waals surface area (Å²) in [6, 6.07) is 0.731. The van der Waals surface area contributed by atoms with Gasteiger partial charge in [0.15, 0.2) is 0 Å². The number of hydrogen-bond acceptors (Lipinski definition) is 2. The minimum Gasteiger partial charge on any atom is -0.261 e. The van der Waals surface area contributed by atoms with Crippen LogP contribution in [-0.2, 0) is 0 Å². The summed E-state index contributed by atoms with van der Waals surface area (Å²) in [4.78, 5) is 0. The summed E-state index contributed by atoms with van der Waals surface area (Å²) in [6.07, 6.45) is 7.34. The Hall–Kier alpha value is 0.310. The third kappa shape index (κ3) is 5.12. The van der Waals surface area contributed by atoms with Gasteiger partial charge in [-0.25, -0.2) is 0 Å². The first-order valence-electron chi connectivity index (χ1n) is 4.13. The van der Waals surface area contributed by atoms with E-state index in [4.69, 9.17) is 0 Å². The van der Waals surface area contributed by atoms with E-state index in [1.807, 2.05) is 0 Å². The van der Waals surface area contributed by atoms with Crippen molar-refractivity contribution in [1.82, 2.24) is 4.72 Å². The van der Waals surface area contributed by atoms with Gasteiger partial charge in [0.2, 0.25) is 0 Å². The second-order valence-corrected chi connectivity index (χ2v) is 3.21. The van der Waals surface area contributed by atoms with Crippen LogP contribution in [0.15, 0.2) is 0 Å². The van der Waals surface area contributed by atoms with Crippen molar-refractivity contribution in [2.45, 2.75) is 45.6 Å². The molecule has 0 heterocycles.